The first-order valence-electron chi connectivity index (χ1n) is 7.43. The molecule has 0 spiro atoms. The molecule has 23 heavy (non-hydrogen) atoms. The van der Waals surface area contributed by atoms with Crippen molar-refractivity contribution in [3.8, 4) is 5.69 Å². The largest absolute Gasteiger partial charge is 0.338 e. The number of rotatable bonds is 5. The van der Waals surface area contributed by atoms with Crippen LogP contribution in [0.5, 0.6) is 0 Å². The molecule has 1 aromatic carbocycles. The van der Waals surface area contributed by atoms with Gasteiger partial charge in [0, 0.05) is 6.42 Å². The summed E-state index contributed by atoms with van der Waals surface area (Å²) < 4.78 is 7.01. The summed E-state index contributed by atoms with van der Waals surface area (Å²) >= 11 is 1.49. The van der Waals surface area contributed by atoms with E-state index >= 15 is 0 Å². The highest BCUT2D eigenvalue weighted by Gasteiger charge is 2.19. The van der Waals surface area contributed by atoms with Gasteiger partial charge in [-0.05, 0) is 54.5 Å². The molecular formula is C15H18N6OS. The smallest absolute Gasteiger partial charge is 0.239 e. The lowest BCUT2D eigenvalue weighted by Gasteiger charge is -2.08. The molecule has 7 nitrogen and oxygen atoms in total. The SMILES string of the molecule is CCc1noc(C(C)Sc2nnnn2-c2ccc(C)c(C)c2)n1. The van der Waals surface area contributed by atoms with E-state index in [1.54, 1.807) is 4.68 Å². The molecule has 3 rings (SSSR count). The first-order chi connectivity index (χ1) is 11.1. The second kappa shape index (κ2) is 6.49. The van der Waals surface area contributed by atoms with Crippen molar-refractivity contribution in [1.82, 2.24) is 30.3 Å². The molecule has 0 bridgehead atoms. The average Bonchev–Trinajstić information content (AvgIpc) is 3.19. The molecule has 0 aliphatic heterocycles. The zero-order valence-electron chi connectivity index (χ0n) is 13.5. The maximum atomic E-state index is 5.29. The molecule has 1 atom stereocenters. The van der Waals surface area contributed by atoms with Crippen molar-refractivity contribution in [3.63, 3.8) is 0 Å². The zero-order chi connectivity index (χ0) is 16.4. The van der Waals surface area contributed by atoms with Gasteiger partial charge in [0.15, 0.2) is 5.82 Å². The third kappa shape index (κ3) is 3.26. The van der Waals surface area contributed by atoms with Crippen LogP contribution in [0.2, 0.25) is 0 Å². The highest BCUT2D eigenvalue weighted by molar-refractivity contribution is 7.99. The van der Waals surface area contributed by atoms with E-state index in [0.29, 0.717) is 16.9 Å². The van der Waals surface area contributed by atoms with Crippen LogP contribution in [0.3, 0.4) is 0 Å². The van der Waals surface area contributed by atoms with Crippen LogP contribution in [0, 0.1) is 13.8 Å². The lowest BCUT2D eigenvalue weighted by Crippen LogP contribution is -2.01. The van der Waals surface area contributed by atoms with E-state index in [1.165, 1.54) is 22.9 Å². The molecule has 0 amide bonds. The van der Waals surface area contributed by atoms with E-state index in [9.17, 15) is 0 Å². The molecule has 0 aliphatic carbocycles. The Morgan fingerprint density at radius 2 is 2.09 bits per heavy atom. The normalized spacial score (nSPS) is 12.5. The molecule has 120 valence electrons. The van der Waals surface area contributed by atoms with Gasteiger partial charge in [0.05, 0.1) is 10.9 Å². The van der Waals surface area contributed by atoms with Gasteiger partial charge in [-0.3, -0.25) is 0 Å². The van der Waals surface area contributed by atoms with E-state index < -0.39 is 0 Å². The van der Waals surface area contributed by atoms with Crippen LogP contribution in [0.4, 0.5) is 0 Å². The molecule has 1 unspecified atom stereocenters. The van der Waals surface area contributed by atoms with E-state index in [-0.39, 0.29) is 5.25 Å². The first-order valence-corrected chi connectivity index (χ1v) is 8.31. The number of aryl methyl sites for hydroxylation is 3. The minimum atomic E-state index is -0.0286. The van der Waals surface area contributed by atoms with Crippen LogP contribution in [-0.4, -0.2) is 30.3 Å². The Kier molecular flexibility index (Phi) is 4.42. The number of aromatic nitrogens is 6. The molecule has 0 saturated carbocycles. The van der Waals surface area contributed by atoms with Gasteiger partial charge < -0.3 is 4.52 Å². The number of nitrogens with zero attached hydrogens (tertiary/aromatic N) is 6. The van der Waals surface area contributed by atoms with Gasteiger partial charge in [-0.15, -0.1) is 5.10 Å². The fourth-order valence-electron chi connectivity index (χ4n) is 2.06. The molecule has 0 fully saturated rings. The maximum absolute atomic E-state index is 5.29. The van der Waals surface area contributed by atoms with Crippen LogP contribution in [0.15, 0.2) is 27.9 Å². The summed E-state index contributed by atoms with van der Waals surface area (Å²) in [6.07, 6.45) is 0.751. The van der Waals surface area contributed by atoms with Gasteiger partial charge in [0.2, 0.25) is 11.0 Å². The monoisotopic (exact) mass is 330 g/mol. The summed E-state index contributed by atoms with van der Waals surface area (Å²) in [6, 6.07) is 6.15. The Hall–Kier alpha value is -2.22. The van der Waals surface area contributed by atoms with Crippen LogP contribution in [0.1, 0.15) is 41.9 Å². The Bertz CT molecular complexity index is 812. The second-order valence-corrected chi connectivity index (χ2v) is 6.61. The Morgan fingerprint density at radius 3 is 2.78 bits per heavy atom. The molecule has 3 aromatic rings. The third-order valence-electron chi connectivity index (χ3n) is 3.61. The third-order valence-corrected chi connectivity index (χ3v) is 4.63. The maximum Gasteiger partial charge on any atom is 0.239 e. The van der Waals surface area contributed by atoms with E-state index in [4.69, 9.17) is 4.52 Å². The van der Waals surface area contributed by atoms with Gasteiger partial charge in [-0.2, -0.15) is 9.67 Å². The standard InChI is InChI=1S/C15H18N6OS/c1-5-13-16-14(22-18-13)11(4)23-15-17-19-20-21(15)12-7-6-9(2)10(3)8-12/h6-8,11H,5H2,1-4H3. The second-order valence-electron chi connectivity index (χ2n) is 5.30. The molecule has 0 aliphatic rings. The number of hydrogen-bond acceptors (Lipinski definition) is 7. The molecule has 0 radical (unpaired) electrons. The van der Waals surface area contributed by atoms with Crippen molar-refractivity contribution in [1.29, 1.82) is 0 Å². The van der Waals surface area contributed by atoms with Crippen molar-refractivity contribution in [2.24, 2.45) is 0 Å². The Balaban J connectivity index is 1.84. The predicted octanol–water partition coefficient (Wildman–Crippen LogP) is 3.08. The quantitative estimate of drug-likeness (QED) is 0.665. The minimum absolute atomic E-state index is 0.0286. The number of hydrogen-bond donors (Lipinski definition) is 0. The summed E-state index contributed by atoms with van der Waals surface area (Å²) in [5.41, 5.74) is 3.38. The molecule has 2 heterocycles. The topological polar surface area (TPSA) is 82.5 Å². The fraction of sp³-hybridized carbons (Fsp3) is 0.400. The molecular weight excluding hydrogens is 312 g/mol. The lowest BCUT2D eigenvalue weighted by molar-refractivity contribution is 0.375. The summed E-state index contributed by atoms with van der Waals surface area (Å²) in [5, 5.41) is 16.6. The Morgan fingerprint density at radius 1 is 1.26 bits per heavy atom. The minimum Gasteiger partial charge on any atom is -0.338 e. The van der Waals surface area contributed by atoms with E-state index in [2.05, 4.69) is 51.6 Å². The highest BCUT2D eigenvalue weighted by Crippen LogP contribution is 2.33. The van der Waals surface area contributed by atoms with Gasteiger partial charge >= 0.3 is 0 Å². The zero-order valence-corrected chi connectivity index (χ0v) is 14.3. The molecule has 0 N–H and O–H groups in total. The number of benzene rings is 1. The van der Waals surface area contributed by atoms with Crippen molar-refractivity contribution in [2.45, 2.75) is 44.5 Å². The van der Waals surface area contributed by atoms with Gasteiger partial charge in [0.1, 0.15) is 0 Å². The number of thioether (sulfide) groups is 1. The highest BCUT2D eigenvalue weighted by atomic mass is 32.2. The van der Waals surface area contributed by atoms with E-state index in [0.717, 1.165) is 12.1 Å². The molecule has 2 aromatic heterocycles. The summed E-state index contributed by atoms with van der Waals surface area (Å²) in [5.74, 6) is 1.29. The summed E-state index contributed by atoms with van der Waals surface area (Å²) in [4.78, 5) is 4.36. The Labute approximate surface area is 138 Å². The summed E-state index contributed by atoms with van der Waals surface area (Å²) in [6.45, 7) is 8.14. The van der Waals surface area contributed by atoms with Gasteiger partial charge in [-0.1, -0.05) is 29.9 Å². The van der Waals surface area contributed by atoms with Crippen molar-refractivity contribution in [2.75, 3.05) is 0 Å². The number of tetrazole rings is 1. The van der Waals surface area contributed by atoms with Crippen molar-refractivity contribution in [3.05, 3.63) is 41.0 Å². The summed E-state index contributed by atoms with van der Waals surface area (Å²) in [7, 11) is 0. The van der Waals surface area contributed by atoms with E-state index in [1.807, 2.05) is 19.9 Å². The fourth-order valence-corrected chi connectivity index (χ4v) is 2.89. The first kappa shape index (κ1) is 15.7. The van der Waals surface area contributed by atoms with Crippen LogP contribution in [-0.2, 0) is 6.42 Å². The lowest BCUT2D eigenvalue weighted by atomic mass is 10.1. The average molecular weight is 330 g/mol. The van der Waals surface area contributed by atoms with Crippen LogP contribution >= 0.6 is 11.8 Å². The van der Waals surface area contributed by atoms with Crippen molar-refractivity contribution < 1.29 is 4.52 Å². The van der Waals surface area contributed by atoms with Crippen LogP contribution < -0.4 is 0 Å². The molecule has 8 heteroatoms. The van der Waals surface area contributed by atoms with Crippen LogP contribution in [0.25, 0.3) is 5.69 Å². The van der Waals surface area contributed by atoms with Crippen molar-refractivity contribution >= 4 is 11.8 Å². The predicted molar refractivity (Wildman–Crippen MR) is 86.6 cm³/mol. The van der Waals surface area contributed by atoms with Gasteiger partial charge in [0.25, 0.3) is 0 Å². The molecule has 0 saturated heterocycles. The van der Waals surface area contributed by atoms with Gasteiger partial charge in [-0.25, -0.2) is 0 Å².